The third-order valence-electron chi connectivity index (χ3n) is 4.58. The molecule has 3 atom stereocenters. The fourth-order valence-corrected chi connectivity index (χ4v) is 2.59. The van der Waals surface area contributed by atoms with Crippen LogP contribution in [0.4, 0.5) is 0 Å². The van der Waals surface area contributed by atoms with Gasteiger partial charge in [0.2, 0.25) is 11.6 Å². The Balaban J connectivity index is 2.28. The molecule has 1 heterocycles. The van der Waals surface area contributed by atoms with Crippen LogP contribution in [0.2, 0.25) is 0 Å². The summed E-state index contributed by atoms with van der Waals surface area (Å²) in [7, 11) is 3.90. The molecule has 2 rings (SSSR count). The molecule has 0 unspecified atom stereocenters. The van der Waals surface area contributed by atoms with Crippen molar-refractivity contribution >= 4 is 11.9 Å². The first-order chi connectivity index (χ1) is 12.3. The molecule has 8 heteroatoms. The lowest BCUT2D eigenvalue weighted by Gasteiger charge is -2.51. The Labute approximate surface area is 152 Å². The molecule has 0 aliphatic carbocycles. The van der Waals surface area contributed by atoms with Crippen molar-refractivity contribution in [2.24, 2.45) is 0 Å². The fraction of sp³-hybridized carbons (Fsp3) is 0.556. The number of esters is 2. The van der Waals surface area contributed by atoms with Crippen molar-refractivity contribution in [2.45, 2.75) is 37.6 Å². The third kappa shape index (κ3) is 3.45. The van der Waals surface area contributed by atoms with Gasteiger partial charge in [-0.25, -0.2) is 9.59 Å². The van der Waals surface area contributed by atoms with E-state index >= 15 is 0 Å². The molecule has 1 fully saturated rings. The molecular weight excluding hydrogens is 344 g/mol. The highest BCUT2D eigenvalue weighted by molar-refractivity contribution is 6.04. The van der Waals surface area contributed by atoms with E-state index in [0.717, 1.165) is 12.7 Å². The Morgan fingerprint density at radius 2 is 1.62 bits per heavy atom. The lowest BCUT2D eigenvalue weighted by atomic mass is 9.99. The standard InChI is InChI=1S/C18H24O8/c1-16(22-4)17(2,23-5)26-18(12-25-16,14(19)21-3)15(20)24-11-13-9-7-6-8-10-13/h6-10H,11-12H2,1-5H3/t16-,17-,18+/m1/s1. The van der Waals surface area contributed by atoms with Gasteiger partial charge in [0.05, 0.1) is 7.11 Å². The molecule has 8 nitrogen and oxygen atoms in total. The van der Waals surface area contributed by atoms with Gasteiger partial charge < -0.3 is 28.4 Å². The molecule has 0 aromatic heterocycles. The fourth-order valence-electron chi connectivity index (χ4n) is 2.59. The summed E-state index contributed by atoms with van der Waals surface area (Å²) in [4.78, 5) is 25.2. The number of carbonyl (C=O) groups excluding carboxylic acids is 2. The molecule has 144 valence electrons. The van der Waals surface area contributed by atoms with E-state index in [9.17, 15) is 9.59 Å². The number of ether oxygens (including phenoxy) is 6. The zero-order chi connectivity index (χ0) is 19.4. The number of hydrogen-bond acceptors (Lipinski definition) is 8. The van der Waals surface area contributed by atoms with E-state index in [0.29, 0.717) is 0 Å². The second kappa shape index (κ2) is 7.71. The minimum absolute atomic E-state index is 0.0347. The van der Waals surface area contributed by atoms with E-state index < -0.39 is 35.7 Å². The first-order valence-electron chi connectivity index (χ1n) is 8.01. The molecule has 26 heavy (non-hydrogen) atoms. The van der Waals surface area contributed by atoms with E-state index in [2.05, 4.69) is 0 Å². The normalized spacial score (nSPS) is 31.3. The Morgan fingerprint density at radius 1 is 1.00 bits per heavy atom. The molecule has 1 aliphatic heterocycles. The van der Waals surface area contributed by atoms with Gasteiger partial charge in [0.15, 0.2) is 0 Å². The number of hydrogen-bond donors (Lipinski definition) is 0. The molecule has 0 bridgehead atoms. The van der Waals surface area contributed by atoms with Gasteiger partial charge in [0.25, 0.3) is 5.60 Å². The minimum atomic E-state index is -2.13. The van der Waals surface area contributed by atoms with Crippen LogP contribution in [0.3, 0.4) is 0 Å². The maximum atomic E-state index is 12.8. The largest absolute Gasteiger partial charge is 0.466 e. The lowest BCUT2D eigenvalue weighted by Crippen LogP contribution is -2.71. The summed E-state index contributed by atoms with van der Waals surface area (Å²) in [5.74, 6) is -4.80. The molecule has 1 aromatic rings. The average molecular weight is 368 g/mol. The number of rotatable bonds is 6. The Hall–Kier alpha value is -2.00. The molecule has 1 aromatic carbocycles. The van der Waals surface area contributed by atoms with Crippen molar-refractivity contribution in [1.82, 2.24) is 0 Å². The second-order valence-corrected chi connectivity index (χ2v) is 6.07. The van der Waals surface area contributed by atoms with Crippen LogP contribution in [0, 0.1) is 0 Å². The molecule has 0 N–H and O–H groups in total. The molecule has 0 amide bonds. The van der Waals surface area contributed by atoms with Crippen LogP contribution in [-0.2, 0) is 44.6 Å². The van der Waals surface area contributed by atoms with Gasteiger partial charge in [-0.15, -0.1) is 0 Å². The summed E-state index contributed by atoms with van der Waals surface area (Å²) in [5, 5.41) is 0. The second-order valence-electron chi connectivity index (χ2n) is 6.07. The molecular formula is C18H24O8. The zero-order valence-corrected chi connectivity index (χ0v) is 15.6. The summed E-state index contributed by atoms with van der Waals surface area (Å²) in [6, 6.07) is 9.04. The first kappa shape index (κ1) is 20.3. The maximum Gasteiger partial charge on any atom is 0.353 e. The number of benzene rings is 1. The number of carbonyl (C=O) groups is 2. The van der Waals surface area contributed by atoms with Crippen LogP contribution in [0.25, 0.3) is 0 Å². The van der Waals surface area contributed by atoms with E-state index in [-0.39, 0.29) is 6.61 Å². The molecule has 0 radical (unpaired) electrons. The quantitative estimate of drug-likeness (QED) is 0.550. The van der Waals surface area contributed by atoms with Crippen LogP contribution in [-0.4, -0.2) is 57.1 Å². The summed E-state index contributed by atoms with van der Waals surface area (Å²) < 4.78 is 32.2. The lowest BCUT2D eigenvalue weighted by molar-refractivity contribution is -0.440. The van der Waals surface area contributed by atoms with E-state index in [1.165, 1.54) is 21.1 Å². The highest BCUT2D eigenvalue weighted by Crippen LogP contribution is 2.41. The molecule has 1 aliphatic rings. The summed E-state index contributed by atoms with van der Waals surface area (Å²) >= 11 is 0. The van der Waals surface area contributed by atoms with Crippen LogP contribution in [0.5, 0.6) is 0 Å². The van der Waals surface area contributed by atoms with Gasteiger partial charge in [-0.05, 0) is 19.4 Å². The predicted molar refractivity (Wildman–Crippen MR) is 88.9 cm³/mol. The smallest absolute Gasteiger partial charge is 0.353 e. The van der Waals surface area contributed by atoms with Gasteiger partial charge in [0, 0.05) is 14.2 Å². The van der Waals surface area contributed by atoms with Crippen LogP contribution < -0.4 is 0 Å². The van der Waals surface area contributed by atoms with Gasteiger partial charge in [-0.3, -0.25) is 0 Å². The van der Waals surface area contributed by atoms with Gasteiger partial charge in [-0.1, -0.05) is 30.3 Å². The molecule has 0 saturated carbocycles. The topological polar surface area (TPSA) is 89.5 Å². The summed E-state index contributed by atoms with van der Waals surface area (Å²) in [5.41, 5.74) is -1.37. The maximum absolute atomic E-state index is 12.8. The van der Waals surface area contributed by atoms with Crippen LogP contribution in [0.1, 0.15) is 19.4 Å². The van der Waals surface area contributed by atoms with Gasteiger partial charge in [0.1, 0.15) is 13.2 Å². The minimum Gasteiger partial charge on any atom is -0.466 e. The van der Waals surface area contributed by atoms with Crippen molar-refractivity contribution in [3.8, 4) is 0 Å². The highest BCUT2D eigenvalue weighted by atomic mass is 16.8. The average Bonchev–Trinajstić information content (AvgIpc) is 2.68. The van der Waals surface area contributed by atoms with Crippen LogP contribution >= 0.6 is 0 Å². The monoisotopic (exact) mass is 368 g/mol. The Morgan fingerprint density at radius 3 is 2.15 bits per heavy atom. The van der Waals surface area contributed by atoms with Crippen molar-refractivity contribution in [2.75, 3.05) is 27.9 Å². The van der Waals surface area contributed by atoms with E-state index in [1.54, 1.807) is 19.1 Å². The van der Waals surface area contributed by atoms with E-state index in [1.807, 2.05) is 18.2 Å². The summed E-state index contributed by atoms with van der Waals surface area (Å²) in [6.45, 7) is 2.59. The zero-order valence-electron chi connectivity index (χ0n) is 15.6. The Bertz CT molecular complexity index is 648. The highest BCUT2D eigenvalue weighted by Gasteiger charge is 2.65. The van der Waals surface area contributed by atoms with Crippen molar-refractivity contribution in [3.63, 3.8) is 0 Å². The Kier molecular flexibility index (Phi) is 6.02. The number of methoxy groups -OCH3 is 3. The third-order valence-corrected chi connectivity index (χ3v) is 4.58. The van der Waals surface area contributed by atoms with Crippen molar-refractivity contribution in [1.29, 1.82) is 0 Å². The predicted octanol–water partition coefficient (Wildman–Crippen LogP) is 1.41. The van der Waals surface area contributed by atoms with Gasteiger partial charge in [-0.2, -0.15) is 0 Å². The van der Waals surface area contributed by atoms with Crippen molar-refractivity contribution < 1.29 is 38.0 Å². The molecule has 1 saturated heterocycles. The summed E-state index contributed by atoms with van der Waals surface area (Å²) in [6.07, 6.45) is 0. The SMILES string of the molecule is COC(=O)[C@]1(C(=O)OCc2ccccc2)CO[C@@](C)(OC)[C@](C)(OC)O1. The molecule has 0 spiro atoms. The van der Waals surface area contributed by atoms with Gasteiger partial charge >= 0.3 is 11.9 Å². The van der Waals surface area contributed by atoms with Crippen molar-refractivity contribution in [3.05, 3.63) is 35.9 Å². The van der Waals surface area contributed by atoms with E-state index in [4.69, 9.17) is 28.4 Å². The van der Waals surface area contributed by atoms with Crippen LogP contribution in [0.15, 0.2) is 30.3 Å². The first-order valence-corrected chi connectivity index (χ1v) is 8.01.